The van der Waals surface area contributed by atoms with Crippen molar-refractivity contribution in [1.82, 2.24) is 9.47 Å². The molecule has 2 N–H and O–H groups in total. The minimum atomic E-state index is -1.39. The number of thiazole rings is 1. The van der Waals surface area contributed by atoms with Crippen LogP contribution in [0.4, 0.5) is 5.69 Å². The molecule has 2 aromatic rings. The number of nitriles is 1. The first-order chi connectivity index (χ1) is 14.3. The molecule has 0 spiro atoms. The van der Waals surface area contributed by atoms with Crippen molar-refractivity contribution in [2.45, 2.75) is 13.5 Å². The van der Waals surface area contributed by atoms with E-state index in [0.29, 0.717) is 13.2 Å². The molecule has 0 bridgehead atoms. The lowest BCUT2D eigenvalue weighted by molar-refractivity contribution is -0.132. The number of nitrogens with one attached hydrogen (secondary N) is 1. The van der Waals surface area contributed by atoms with Crippen molar-refractivity contribution in [3.63, 3.8) is 0 Å². The maximum absolute atomic E-state index is 12.5. The Morgan fingerprint density at radius 1 is 1.43 bits per heavy atom. The highest BCUT2D eigenvalue weighted by Crippen LogP contribution is 2.17. The van der Waals surface area contributed by atoms with Crippen LogP contribution in [-0.4, -0.2) is 47.8 Å². The average molecular weight is 426 g/mol. The van der Waals surface area contributed by atoms with Gasteiger partial charge >= 0.3 is 5.97 Å². The summed E-state index contributed by atoms with van der Waals surface area (Å²) in [5.74, 6) is -0.670. The van der Waals surface area contributed by atoms with Gasteiger partial charge < -0.3 is 20.1 Å². The molecule has 1 aromatic carbocycles. The maximum atomic E-state index is 12.5. The van der Waals surface area contributed by atoms with Crippen molar-refractivity contribution in [2.24, 2.45) is 0 Å². The van der Waals surface area contributed by atoms with E-state index in [-0.39, 0.29) is 14.8 Å². The van der Waals surface area contributed by atoms with Gasteiger partial charge in [-0.1, -0.05) is 28.9 Å². The lowest BCUT2D eigenvalue weighted by Crippen LogP contribution is -2.30. The lowest BCUT2D eigenvalue weighted by atomic mass is 10.3. The van der Waals surface area contributed by atoms with Crippen LogP contribution < -0.4 is 24.8 Å². The van der Waals surface area contributed by atoms with Crippen LogP contribution in [-0.2, 0) is 11.3 Å². The van der Waals surface area contributed by atoms with Gasteiger partial charge in [0.1, 0.15) is 27.6 Å². The molecule has 0 saturated heterocycles. The van der Waals surface area contributed by atoms with Crippen LogP contribution in [0.1, 0.15) is 6.92 Å². The predicted octanol–water partition coefficient (Wildman–Crippen LogP) is 0.789. The molecule has 2 rings (SSSR count). The molecule has 0 aliphatic heterocycles. The number of ether oxygens (including phenoxy) is 1. The monoisotopic (exact) mass is 426 g/mol. The highest BCUT2D eigenvalue weighted by atomic mass is 32.1. The van der Waals surface area contributed by atoms with Crippen LogP contribution in [0, 0.1) is 11.3 Å². The van der Waals surface area contributed by atoms with Gasteiger partial charge in [0.25, 0.3) is 5.56 Å². The first-order valence-electron chi connectivity index (χ1n) is 9.09. The number of carbonyl (C=O) groups is 1. The summed E-state index contributed by atoms with van der Waals surface area (Å²) in [6, 6.07) is 8.96. The summed E-state index contributed by atoms with van der Waals surface area (Å²) >= 11 is 1.02. The molecule has 9 heteroatoms. The molecule has 0 amide bonds. The van der Waals surface area contributed by atoms with Gasteiger partial charge in [-0.15, -0.1) is 0 Å². The van der Waals surface area contributed by atoms with E-state index in [4.69, 9.17) is 15.1 Å². The summed E-state index contributed by atoms with van der Waals surface area (Å²) in [7, 11) is 3.95. The summed E-state index contributed by atoms with van der Waals surface area (Å²) in [6.07, 6.45) is 1.50. The fraction of sp³-hybridized carbons (Fsp3) is 0.286. The van der Waals surface area contributed by atoms with Crippen LogP contribution >= 0.6 is 11.3 Å². The molecule has 1 heterocycles. The highest BCUT2D eigenvalue weighted by Gasteiger charge is 2.06. The number of likely N-dealkylation sites (N-methyl/N-ethyl adjacent to an activating group) is 1. The van der Waals surface area contributed by atoms with Crippen molar-refractivity contribution >= 4 is 34.5 Å². The first kappa shape index (κ1) is 22.8. The molecule has 0 atom stereocenters. The number of anilines is 1. The Bertz CT molecular complexity index is 1210. The van der Waals surface area contributed by atoms with Crippen molar-refractivity contribution in [3.8, 4) is 11.8 Å². The predicted molar refractivity (Wildman–Crippen MR) is 116 cm³/mol. The van der Waals surface area contributed by atoms with Crippen LogP contribution in [0.5, 0.6) is 5.75 Å². The van der Waals surface area contributed by atoms with Crippen molar-refractivity contribution < 1.29 is 14.6 Å². The summed E-state index contributed by atoms with van der Waals surface area (Å²) in [6.45, 7) is 3.44. The molecular formula is C21H22N4O4S. The summed E-state index contributed by atoms with van der Waals surface area (Å²) in [5, 5.41) is 20.9. The number of carboxylic acids is 1. The molecule has 0 radical (unpaired) electrons. The molecule has 0 fully saturated rings. The number of hydrogen-bond acceptors (Lipinski definition) is 7. The third kappa shape index (κ3) is 6.24. The van der Waals surface area contributed by atoms with E-state index < -0.39 is 11.5 Å². The van der Waals surface area contributed by atoms with Crippen LogP contribution in [0.25, 0.3) is 11.5 Å². The van der Waals surface area contributed by atoms with Crippen LogP contribution in [0.15, 0.2) is 40.8 Å². The Balaban J connectivity index is 2.35. The minimum absolute atomic E-state index is 0.258. The van der Waals surface area contributed by atoms with Gasteiger partial charge in [0.15, 0.2) is 5.57 Å². The standard InChI is InChI=1S/C21H22N4O4S/c1-4-25-19(12-15(14-22)21(27)28)30-18(20(25)26)8-9-23-16-6-5-7-17(13-16)29-11-10-24(2)3/h5-7,9,13,23H,4,10-11H2,1-3H3,(H,27,28). The Hall–Kier alpha value is -3.53. The van der Waals surface area contributed by atoms with Gasteiger partial charge in [-0.2, -0.15) is 5.26 Å². The van der Waals surface area contributed by atoms with E-state index in [0.717, 1.165) is 29.3 Å². The van der Waals surface area contributed by atoms with Crippen LogP contribution in [0.3, 0.4) is 0 Å². The van der Waals surface area contributed by atoms with Gasteiger partial charge in [0, 0.05) is 31.0 Å². The Kier molecular flexibility index (Phi) is 8.24. The van der Waals surface area contributed by atoms with Crippen LogP contribution in [0.2, 0.25) is 0 Å². The van der Waals surface area contributed by atoms with E-state index in [1.807, 2.05) is 43.3 Å². The summed E-state index contributed by atoms with van der Waals surface area (Å²) in [4.78, 5) is 25.6. The largest absolute Gasteiger partial charge is 0.492 e. The molecular weight excluding hydrogens is 404 g/mol. The smallest absolute Gasteiger partial charge is 0.354 e. The van der Waals surface area contributed by atoms with E-state index in [1.165, 1.54) is 10.8 Å². The topological polar surface area (TPSA) is 108 Å². The number of carboxylic acid groups (broad SMARTS) is 1. The molecule has 0 aliphatic carbocycles. The number of nitrogens with zero attached hydrogens (tertiary/aromatic N) is 3. The van der Waals surface area contributed by atoms with Gasteiger partial charge in [-0.05, 0) is 33.2 Å². The number of benzene rings is 1. The third-order valence-corrected chi connectivity index (χ3v) is 4.85. The lowest BCUT2D eigenvalue weighted by Gasteiger charge is -2.11. The SMILES string of the molecule is CCn1c(=C=C(C#N)C(=O)O)sc(=C=CNc2cccc(OCCN(C)C)c2)c1=O. The van der Waals surface area contributed by atoms with E-state index in [2.05, 4.69) is 16.8 Å². The second kappa shape index (κ2) is 10.9. The molecule has 0 saturated carbocycles. The quantitative estimate of drug-likeness (QED) is 0.475. The third-order valence-electron chi connectivity index (χ3n) is 3.84. The Labute approximate surface area is 177 Å². The van der Waals surface area contributed by atoms with E-state index >= 15 is 0 Å². The zero-order valence-electron chi connectivity index (χ0n) is 16.9. The molecule has 8 nitrogen and oxygen atoms in total. The number of aliphatic carboxylic acids is 1. The Morgan fingerprint density at radius 2 is 2.20 bits per heavy atom. The summed E-state index contributed by atoms with van der Waals surface area (Å²) < 4.78 is 7.57. The molecule has 30 heavy (non-hydrogen) atoms. The van der Waals surface area contributed by atoms with E-state index in [9.17, 15) is 9.59 Å². The second-order valence-electron chi connectivity index (χ2n) is 6.32. The van der Waals surface area contributed by atoms with Gasteiger partial charge in [0.2, 0.25) is 0 Å². The fourth-order valence-corrected chi connectivity index (χ4v) is 3.31. The number of hydrogen-bond donors (Lipinski definition) is 2. The molecule has 1 aromatic heterocycles. The molecule has 0 aliphatic rings. The second-order valence-corrected chi connectivity index (χ2v) is 7.31. The normalized spacial score (nSPS) is 9.97. The van der Waals surface area contributed by atoms with Gasteiger partial charge in [-0.25, -0.2) is 4.79 Å². The average Bonchev–Trinajstić information content (AvgIpc) is 3.00. The zero-order chi connectivity index (χ0) is 22.1. The molecule has 0 unspecified atom stereocenters. The zero-order valence-corrected chi connectivity index (χ0v) is 17.7. The fourth-order valence-electron chi connectivity index (χ4n) is 2.32. The highest BCUT2D eigenvalue weighted by molar-refractivity contribution is 7.07. The number of rotatable bonds is 8. The molecule has 156 valence electrons. The minimum Gasteiger partial charge on any atom is -0.492 e. The van der Waals surface area contributed by atoms with Gasteiger partial charge in [-0.3, -0.25) is 9.36 Å². The summed E-state index contributed by atoms with van der Waals surface area (Å²) in [5.41, 5.74) is 5.25. The van der Waals surface area contributed by atoms with Gasteiger partial charge in [0.05, 0.1) is 0 Å². The maximum Gasteiger partial charge on any atom is 0.354 e. The number of aromatic nitrogens is 1. The van der Waals surface area contributed by atoms with Crippen molar-refractivity contribution in [2.75, 3.05) is 32.6 Å². The Morgan fingerprint density at radius 3 is 2.83 bits per heavy atom. The van der Waals surface area contributed by atoms with E-state index in [1.54, 1.807) is 13.0 Å². The first-order valence-corrected chi connectivity index (χ1v) is 9.90. The van der Waals surface area contributed by atoms with Crippen molar-refractivity contribution in [3.05, 3.63) is 55.6 Å². The van der Waals surface area contributed by atoms with Crippen molar-refractivity contribution in [1.29, 1.82) is 5.26 Å².